The summed E-state index contributed by atoms with van der Waals surface area (Å²) >= 11 is 0. The van der Waals surface area contributed by atoms with Gasteiger partial charge in [0.2, 0.25) is 0 Å². The second kappa shape index (κ2) is 5.75. The number of carbonyl (C=O) groups is 1. The molecule has 1 fully saturated rings. The molecule has 2 aromatic rings. The van der Waals surface area contributed by atoms with E-state index in [0.717, 1.165) is 6.42 Å². The molecule has 0 aliphatic carbocycles. The van der Waals surface area contributed by atoms with E-state index < -0.39 is 12.1 Å². The van der Waals surface area contributed by atoms with Crippen molar-refractivity contribution >= 4 is 16.7 Å². The highest BCUT2D eigenvalue weighted by molar-refractivity contribution is 5.85. The molecule has 6 nitrogen and oxygen atoms in total. The number of ketones is 1. The van der Waals surface area contributed by atoms with Gasteiger partial charge in [0.25, 0.3) is 5.56 Å². The number of benzene rings is 1. The Hall–Kier alpha value is -2.05. The molecule has 3 rings (SSSR count). The molecule has 6 heteroatoms. The summed E-state index contributed by atoms with van der Waals surface area (Å²) in [5, 5.41) is 13.4. The first-order chi connectivity index (χ1) is 10.2. The molecular weight excluding hydrogens is 270 g/mol. The lowest BCUT2D eigenvalue weighted by Crippen LogP contribution is -2.51. The third-order valence-electron chi connectivity index (χ3n) is 3.83. The first-order valence-corrected chi connectivity index (χ1v) is 7.05. The number of para-hydroxylation sites is 1. The van der Waals surface area contributed by atoms with Crippen LogP contribution in [0.4, 0.5) is 0 Å². The van der Waals surface area contributed by atoms with E-state index in [-0.39, 0.29) is 17.9 Å². The fourth-order valence-corrected chi connectivity index (χ4v) is 2.68. The summed E-state index contributed by atoms with van der Waals surface area (Å²) in [6.07, 6.45) is 2.16. The van der Waals surface area contributed by atoms with Crippen LogP contribution in [0.15, 0.2) is 35.4 Å². The van der Waals surface area contributed by atoms with E-state index in [1.165, 1.54) is 10.9 Å². The van der Waals surface area contributed by atoms with Crippen LogP contribution in [-0.4, -0.2) is 39.1 Å². The largest absolute Gasteiger partial charge is 0.391 e. The second-order valence-electron chi connectivity index (χ2n) is 5.30. The Balaban J connectivity index is 1.86. The van der Waals surface area contributed by atoms with Gasteiger partial charge in [0.05, 0.1) is 35.9 Å². The summed E-state index contributed by atoms with van der Waals surface area (Å²) in [7, 11) is 0. The number of hydrogen-bond acceptors (Lipinski definition) is 5. The van der Waals surface area contributed by atoms with Crippen LogP contribution in [0.25, 0.3) is 10.9 Å². The highest BCUT2D eigenvalue weighted by Crippen LogP contribution is 2.10. The van der Waals surface area contributed by atoms with Gasteiger partial charge < -0.3 is 10.4 Å². The van der Waals surface area contributed by atoms with Gasteiger partial charge in [-0.15, -0.1) is 0 Å². The van der Waals surface area contributed by atoms with Gasteiger partial charge in [-0.1, -0.05) is 12.1 Å². The minimum Gasteiger partial charge on any atom is -0.391 e. The molecule has 1 aliphatic heterocycles. The minimum absolute atomic E-state index is 0.0780. The van der Waals surface area contributed by atoms with Crippen LogP contribution < -0.4 is 10.9 Å². The lowest BCUT2D eigenvalue weighted by molar-refractivity contribution is -0.125. The number of piperidine rings is 1. The maximum atomic E-state index is 12.3. The molecule has 0 radical (unpaired) electrons. The summed E-state index contributed by atoms with van der Waals surface area (Å²) in [4.78, 5) is 28.8. The molecule has 2 atom stereocenters. The number of aliphatic hydroxyl groups is 1. The average Bonchev–Trinajstić information content (AvgIpc) is 2.51. The highest BCUT2D eigenvalue weighted by Gasteiger charge is 2.29. The smallest absolute Gasteiger partial charge is 0.261 e. The number of Topliss-reactive ketones (excluding diaryl/α,β-unsaturated/α-hetero) is 1. The summed E-state index contributed by atoms with van der Waals surface area (Å²) in [5.74, 6) is -0.193. The van der Waals surface area contributed by atoms with Crippen LogP contribution in [-0.2, 0) is 11.3 Å². The monoisotopic (exact) mass is 287 g/mol. The molecule has 1 saturated heterocycles. The molecule has 0 bridgehead atoms. The number of carbonyl (C=O) groups excluding carboxylic acids is 1. The molecule has 1 aromatic carbocycles. The molecule has 110 valence electrons. The van der Waals surface area contributed by atoms with Gasteiger partial charge in [0.15, 0.2) is 5.78 Å². The van der Waals surface area contributed by atoms with Crippen LogP contribution in [0, 0.1) is 0 Å². The maximum Gasteiger partial charge on any atom is 0.261 e. The number of aliphatic hydroxyl groups excluding tert-OH is 1. The first kappa shape index (κ1) is 13.9. The number of fused-ring (bicyclic) bond motifs is 1. The normalized spacial score (nSPS) is 22.3. The van der Waals surface area contributed by atoms with Crippen LogP contribution in [0.5, 0.6) is 0 Å². The van der Waals surface area contributed by atoms with E-state index in [0.29, 0.717) is 23.9 Å². The van der Waals surface area contributed by atoms with Gasteiger partial charge in [0.1, 0.15) is 0 Å². The lowest BCUT2D eigenvalue weighted by Gasteiger charge is -2.27. The number of nitrogens with one attached hydrogen (secondary N) is 1. The van der Waals surface area contributed by atoms with Crippen molar-refractivity contribution in [1.29, 1.82) is 0 Å². The lowest BCUT2D eigenvalue weighted by atomic mass is 9.98. The van der Waals surface area contributed by atoms with Crippen LogP contribution in [0.1, 0.15) is 12.8 Å². The molecule has 1 aliphatic rings. The maximum absolute atomic E-state index is 12.3. The number of aromatic nitrogens is 2. The van der Waals surface area contributed by atoms with Gasteiger partial charge in [0, 0.05) is 0 Å². The summed E-state index contributed by atoms with van der Waals surface area (Å²) in [6, 6.07) is 6.43. The molecule has 2 heterocycles. The third kappa shape index (κ3) is 2.72. The first-order valence-electron chi connectivity index (χ1n) is 7.05. The molecule has 2 N–H and O–H groups in total. The molecule has 0 unspecified atom stereocenters. The Morgan fingerprint density at radius 2 is 2.24 bits per heavy atom. The van der Waals surface area contributed by atoms with E-state index in [2.05, 4.69) is 10.3 Å². The van der Waals surface area contributed by atoms with E-state index in [4.69, 9.17) is 0 Å². The Morgan fingerprint density at radius 1 is 1.43 bits per heavy atom. The number of hydrogen-bond donors (Lipinski definition) is 2. The molecule has 0 amide bonds. The van der Waals surface area contributed by atoms with E-state index in [9.17, 15) is 14.7 Å². The van der Waals surface area contributed by atoms with Gasteiger partial charge in [-0.25, -0.2) is 4.98 Å². The van der Waals surface area contributed by atoms with Gasteiger partial charge in [-0.3, -0.25) is 14.2 Å². The van der Waals surface area contributed by atoms with Crippen molar-refractivity contribution in [3.63, 3.8) is 0 Å². The molecular formula is C15H17N3O3. The Kier molecular flexibility index (Phi) is 3.81. The predicted molar refractivity (Wildman–Crippen MR) is 78.0 cm³/mol. The van der Waals surface area contributed by atoms with E-state index in [1.54, 1.807) is 18.2 Å². The van der Waals surface area contributed by atoms with Crippen LogP contribution in [0.2, 0.25) is 0 Å². The predicted octanol–water partition coefficient (Wildman–Crippen LogP) is 0.0785. The third-order valence-corrected chi connectivity index (χ3v) is 3.83. The summed E-state index contributed by atoms with van der Waals surface area (Å²) < 4.78 is 1.30. The Morgan fingerprint density at radius 3 is 3.05 bits per heavy atom. The second-order valence-corrected chi connectivity index (χ2v) is 5.30. The molecule has 21 heavy (non-hydrogen) atoms. The van der Waals surface area contributed by atoms with Crippen molar-refractivity contribution in [2.75, 3.05) is 6.54 Å². The van der Waals surface area contributed by atoms with Crippen LogP contribution >= 0.6 is 0 Å². The topological polar surface area (TPSA) is 84.2 Å². The fourth-order valence-electron chi connectivity index (χ4n) is 2.68. The van der Waals surface area contributed by atoms with Gasteiger partial charge in [-0.2, -0.15) is 0 Å². The summed E-state index contributed by atoms with van der Waals surface area (Å²) in [5.41, 5.74) is 0.376. The van der Waals surface area contributed by atoms with Crippen molar-refractivity contribution < 1.29 is 9.90 Å². The molecule has 1 aromatic heterocycles. The van der Waals surface area contributed by atoms with Crippen molar-refractivity contribution in [3.05, 3.63) is 40.9 Å². The molecule has 0 saturated carbocycles. The average molecular weight is 287 g/mol. The summed E-state index contributed by atoms with van der Waals surface area (Å²) in [6.45, 7) is 0.629. The quantitative estimate of drug-likeness (QED) is 0.835. The number of rotatable bonds is 3. The van der Waals surface area contributed by atoms with Crippen molar-refractivity contribution in [2.45, 2.75) is 31.5 Å². The minimum atomic E-state index is -0.685. The zero-order chi connectivity index (χ0) is 14.8. The van der Waals surface area contributed by atoms with Crippen molar-refractivity contribution in [1.82, 2.24) is 14.9 Å². The van der Waals surface area contributed by atoms with E-state index in [1.807, 2.05) is 6.07 Å². The van der Waals surface area contributed by atoms with E-state index >= 15 is 0 Å². The zero-order valence-electron chi connectivity index (χ0n) is 11.5. The molecule has 0 spiro atoms. The van der Waals surface area contributed by atoms with Crippen molar-refractivity contribution in [3.8, 4) is 0 Å². The van der Waals surface area contributed by atoms with Crippen molar-refractivity contribution in [2.24, 2.45) is 0 Å². The van der Waals surface area contributed by atoms with Crippen LogP contribution in [0.3, 0.4) is 0 Å². The number of nitrogens with zero attached hydrogens (tertiary/aromatic N) is 2. The highest BCUT2D eigenvalue weighted by atomic mass is 16.3. The van der Waals surface area contributed by atoms with Gasteiger partial charge >= 0.3 is 0 Å². The Labute approximate surface area is 121 Å². The Bertz CT molecular complexity index is 725. The fraction of sp³-hybridized carbons (Fsp3) is 0.400. The van der Waals surface area contributed by atoms with Gasteiger partial charge in [-0.05, 0) is 31.5 Å². The zero-order valence-corrected chi connectivity index (χ0v) is 11.5. The SMILES string of the molecule is O=C(Cn1cnc2ccccc2c1=O)[C@H]1NCCC[C@@H]1O. The standard InChI is InChI=1S/C15H17N3O3/c19-12-6-3-7-16-14(12)13(20)8-18-9-17-11-5-2-1-4-10(11)15(18)21/h1-2,4-5,9,12,14,16,19H,3,6-8H2/t12-,14-/m0/s1.